The molecule has 3 rings (SSSR count). The molecule has 0 unspecified atom stereocenters. The van der Waals surface area contributed by atoms with Crippen molar-refractivity contribution in [2.24, 2.45) is 9.98 Å². The average molecular weight is 344 g/mol. The molecule has 0 spiro atoms. The summed E-state index contributed by atoms with van der Waals surface area (Å²) in [5, 5.41) is 0. The molecule has 0 atom stereocenters. The maximum atomic E-state index is 10.3. The zero-order valence-corrected chi connectivity index (χ0v) is 13.5. The molecule has 0 saturated carbocycles. The van der Waals surface area contributed by atoms with Crippen LogP contribution >= 0.6 is 0 Å². The maximum Gasteiger partial charge on any atom is 0.240 e. The number of benzene rings is 3. The highest BCUT2D eigenvalue weighted by Crippen LogP contribution is 2.29. The number of rotatable bonds is 6. The van der Waals surface area contributed by atoms with E-state index < -0.39 is 0 Å². The lowest BCUT2D eigenvalue weighted by atomic mass is 10.3. The smallest absolute Gasteiger partial charge is 0.240 e. The van der Waals surface area contributed by atoms with Gasteiger partial charge in [-0.05, 0) is 48.5 Å². The molecule has 0 N–H and O–H groups in total. The van der Waals surface area contributed by atoms with Crippen molar-refractivity contribution in [1.82, 2.24) is 0 Å². The Balaban J connectivity index is 1.70. The van der Waals surface area contributed by atoms with Gasteiger partial charge >= 0.3 is 0 Å². The molecule has 0 amide bonds. The molecule has 3 aromatic carbocycles. The Morgan fingerprint density at radius 2 is 1.00 bits per heavy atom. The van der Waals surface area contributed by atoms with E-state index in [0.29, 0.717) is 34.4 Å². The van der Waals surface area contributed by atoms with E-state index in [1.165, 1.54) is 12.2 Å². The fourth-order valence-corrected chi connectivity index (χ4v) is 2.19. The van der Waals surface area contributed by atoms with Crippen LogP contribution in [0, 0.1) is 0 Å². The van der Waals surface area contributed by atoms with Crippen LogP contribution in [0.3, 0.4) is 0 Å². The largest absolute Gasteiger partial charge is 0.457 e. The van der Waals surface area contributed by atoms with Gasteiger partial charge in [-0.1, -0.05) is 12.1 Å². The van der Waals surface area contributed by atoms with Gasteiger partial charge in [0, 0.05) is 12.1 Å². The number of hydrogen-bond acceptors (Lipinski definition) is 6. The van der Waals surface area contributed by atoms with Gasteiger partial charge in [-0.2, -0.15) is 9.98 Å². The lowest BCUT2D eigenvalue weighted by molar-refractivity contribution is 0.469. The first kappa shape index (κ1) is 16.9. The van der Waals surface area contributed by atoms with Crippen LogP contribution in [0.5, 0.6) is 23.0 Å². The fraction of sp³-hybridized carbons (Fsp3) is 0. The predicted octanol–water partition coefficient (Wildman–Crippen LogP) is 5.21. The molecule has 0 heterocycles. The highest BCUT2D eigenvalue weighted by Gasteiger charge is 2.02. The Labute approximate surface area is 149 Å². The van der Waals surface area contributed by atoms with Crippen LogP contribution in [-0.2, 0) is 9.59 Å². The lowest BCUT2D eigenvalue weighted by Gasteiger charge is -2.09. The van der Waals surface area contributed by atoms with Crippen LogP contribution in [0.1, 0.15) is 0 Å². The Kier molecular flexibility index (Phi) is 5.33. The number of ether oxygens (including phenoxy) is 2. The second-order valence-electron chi connectivity index (χ2n) is 5.08. The van der Waals surface area contributed by atoms with Gasteiger partial charge in [0.2, 0.25) is 12.2 Å². The number of isocyanates is 2. The molecule has 26 heavy (non-hydrogen) atoms. The summed E-state index contributed by atoms with van der Waals surface area (Å²) in [7, 11) is 0. The third-order valence-electron chi connectivity index (χ3n) is 3.28. The number of hydrogen-bond donors (Lipinski definition) is 0. The molecule has 0 radical (unpaired) electrons. The molecule has 126 valence electrons. The van der Waals surface area contributed by atoms with Gasteiger partial charge in [-0.3, -0.25) is 0 Å². The Hall–Kier alpha value is -3.98. The van der Waals surface area contributed by atoms with Crippen LogP contribution in [0.4, 0.5) is 11.4 Å². The van der Waals surface area contributed by atoms with Gasteiger partial charge in [0.25, 0.3) is 0 Å². The van der Waals surface area contributed by atoms with Gasteiger partial charge in [0.1, 0.15) is 23.0 Å². The summed E-state index contributed by atoms with van der Waals surface area (Å²) in [6, 6.07) is 20.6. The molecule has 0 aliphatic rings. The van der Waals surface area contributed by atoms with E-state index in [2.05, 4.69) is 9.98 Å². The average Bonchev–Trinajstić information content (AvgIpc) is 2.65. The van der Waals surface area contributed by atoms with E-state index in [-0.39, 0.29) is 0 Å². The predicted molar refractivity (Wildman–Crippen MR) is 95.0 cm³/mol. The van der Waals surface area contributed by atoms with Gasteiger partial charge in [-0.15, -0.1) is 0 Å². The van der Waals surface area contributed by atoms with Crippen molar-refractivity contribution in [3.8, 4) is 23.0 Å². The van der Waals surface area contributed by atoms with Crippen LogP contribution in [0.15, 0.2) is 82.8 Å². The number of nitrogens with zero attached hydrogens (tertiary/aromatic N) is 2. The second-order valence-corrected chi connectivity index (χ2v) is 5.08. The summed E-state index contributed by atoms with van der Waals surface area (Å²) < 4.78 is 11.4. The summed E-state index contributed by atoms with van der Waals surface area (Å²) in [5.41, 5.74) is 0.936. The van der Waals surface area contributed by atoms with Crippen molar-refractivity contribution < 1.29 is 19.1 Å². The van der Waals surface area contributed by atoms with E-state index in [4.69, 9.17) is 9.47 Å². The first-order chi connectivity index (χ1) is 12.8. The van der Waals surface area contributed by atoms with Crippen molar-refractivity contribution in [2.75, 3.05) is 0 Å². The highest BCUT2D eigenvalue weighted by molar-refractivity contribution is 5.53. The quantitative estimate of drug-likeness (QED) is 0.454. The van der Waals surface area contributed by atoms with Crippen LogP contribution in [-0.4, -0.2) is 12.2 Å². The molecule has 0 aromatic heterocycles. The maximum absolute atomic E-state index is 10.3. The van der Waals surface area contributed by atoms with E-state index in [1.54, 1.807) is 72.8 Å². The first-order valence-electron chi connectivity index (χ1n) is 7.58. The summed E-state index contributed by atoms with van der Waals surface area (Å²) in [4.78, 5) is 27.7. The standard InChI is InChI=1S/C20H12N2O4/c23-13-21-15-3-1-5-19(11-15)25-17-7-9-18(10-8-17)26-20-6-2-4-16(12-20)22-14-24/h1-12H. The molecule has 0 aliphatic heterocycles. The van der Waals surface area contributed by atoms with Crippen LogP contribution in [0.25, 0.3) is 0 Å². The minimum Gasteiger partial charge on any atom is -0.457 e. The SMILES string of the molecule is O=C=Nc1cccc(Oc2ccc(Oc3cccc(N=C=O)c3)cc2)c1. The molecule has 3 aromatic rings. The van der Waals surface area contributed by atoms with Crippen molar-refractivity contribution in [3.63, 3.8) is 0 Å². The molecule has 0 bridgehead atoms. The minimum atomic E-state index is 0.468. The topological polar surface area (TPSA) is 77.3 Å². The summed E-state index contributed by atoms with van der Waals surface area (Å²) >= 11 is 0. The van der Waals surface area contributed by atoms with Gasteiger partial charge in [0.15, 0.2) is 0 Å². The summed E-state index contributed by atoms with van der Waals surface area (Å²) in [6.07, 6.45) is 2.99. The van der Waals surface area contributed by atoms with Crippen LogP contribution < -0.4 is 9.47 Å². The van der Waals surface area contributed by atoms with Crippen LogP contribution in [0.2, 0.25) is 0 Å². The molecule has 6 heteroatoms. The molecular weight excluding hydrogens is 332 g/mol. The fourth-order valence-electron chi connectivity index (χ4n) is 2.19. The summed E-state index contributed by atoms with van der Waals surface area (Å²) in [6.45, 7) is 0. The zero-order chi connectivity index (χ0) is 18.2. The summed E-state index contributed by atoms with van der Waals surface area (Å²) in [5.74, 6) is 2.30. The van der Waals surface area contributed by atoms with E-state index >= 15 is 0 Å². The molecular formula is C20H12N2O4. The Morgan fingerprint density at radius 3 is 1.38 bits per heavy atom. The highest BCUT2D eigenvalue weighted by atomic mass is 16.5. The van der Waals surface area contributed by atoms with Gasteiger partial charge in [-0.25, -0.2) is 9.59 Å². The van der Waals surface area contributed by atoms with E-state index in [0.717, 1.165) is 0 Å². The zero-order valence-electron chi connectivity index (χ0n) is 13.5. The molecule has 0 aliphatic carbocycles. The first-order valence-corrected chi connectivity index (χ1v) is 7.58. The Morgan fingerprint density at radius 1 is 0.577 bits per heavy atom. The van der Waals surface area contributed by atoms with Crippen molar-refractivity contribution >= 4 is 23.5 Å². The van der Waals surface area contributed by atoms with E-state index in [1.807, 2.05) is 0 Å². The van der Waals surface area contributed by atoms with Gasteiger partial charge < -0.3 is 9.47 Å². The van der Waals surface area contributed by atoms with E-state index in [9.17, 15) is 9.59 Å². The normalized spacial score (nSPS) is 9.54. The number of aliphatic imine (C=N–C) groups is 2. The Bertz CT molecular complexity index is 920. The monoisotopic (exact) mass is 344 g/mol. The number of carbonyl (C=O) groups excluding carboxylic acids is 2. The molecule has 0 fully saturated rings. The van der Waals surface area contributed by atoms with Gasteiger partial charge in [0.05, 0.1) is 11.4 Å². The third-order valence-corrected chi connectivity index (χ3v) is 3.28. The van der Waals surface area contributed by atoms with Crippen molar-refractivity contribution in [3.05, 3.63) is 72.8 Å². The van der Waals surface area contributed by atoms with Crippen molar-refractivity contribution in [1.29, 1.82) is 0 Å². The second kappa shape index (κ2) is 8.22. The van der Waals surface area contributed by atoms with Crippen molar-refractivity contribution in [2.45, 2.75) is 0 Å². The molecule has 0 saturated heterocycles. The minimum absolute atomic E-state index is 0.468. The third kappa shape index (κ3) is 4.52. The molecule has 6 nitrogen and oxygen atoms in total. The lowest BCUT2D eigenvalue weighted by Crippen LogP contribution is -1.86.